The zero-order valence-electron chi connectivity index (χ0n) is 15.3. The number of hydrogen-bond donors (Lipinski definition) is 2. The summed E-state index contributed by atoms with van der Waals surface area (Å²) in [6, 6.07) is 18.1. The Balaban J connectivity index is 2.00. The van der Waals surface area contributed by atoms with Crippen LogP contribution >= 0.6 is 11.6 Å². The fourth-order valence-corrected chi connectivity index (χ4v) is 2.69. The zero-order valence-corrected chi connectivity index (χ0v) is 16.0. The van der Waals surface area contributed by atoms with Crippen LogP contribution in [-0.4, -0.2) is 16.0 Å². The number of aryl methyl sites for hydroxylation is 1. The van der Waals surface area contributed by atoms with E-state index in [-0.39, 0.29) is 0 Å². The molecule has 0 spiro atoms. The molecular weight excluding hydrogens is 344 g/mol. The van der Waals surface area contributed by atoms with Gasteiger partial charge in [0.1, 0.15) is 5.82 Å². The van der Waals surface area contributed by atoms with E-state index < -0.39 is 0 Å². The number of nitrogens with zero attached hydrogens (tertiary/aromatic N) is 2. The quantitative estimate of drug-likeness (QED) is 0.556. The van der Waals surface area contributed by atoms with Crippen LogP contribution in [0.4, 0.5) is 17.5 Å². The van der Waals surface area contributed by atoms with Crippen molar-refractivity contribution in [3.05, 3.63) is 65.2 Å². The van der Waals surface area contributed by atoms with E-state index in [2.05, 4.69) is 34.4 Å². The Morgan fingerprint density at radius 2 is 1.81 bits per heavy atom. The molecule has 3 rings (SSSR count). The highest BCUT2D eigenvalue weighted by Crippen LogP contribution is 2.27. The van der Waals surface area contributed by atoms with Crippen molar-refractivity contribution in [2.45, 2.75) is 33.2 Å². The summed E-state index contributed by atoms with van der Waals surface area (Å²) >= 11 is 6.14. The Morgan fingerprint density at radius 1 is 1.04 bits per heavy atom. The van der Waals surface area contributed by atoms with Crippen molar-refractivity contribution in [3.8, 4) is 11.3 Å². The van der Waals surface area contributed by atoms with E-state index in [1.165, 1.54) is 0 Å². The molecule has 5 heteroatoms. The first-order valence-corrected chi connectivity index (χ1v) is 9.17. The third-order valence-electron chi connectivity index (χ3n) is 4.25. The van der Waals surface area contributed by atoms with E-state index in [1.807, 2.05) is 61.5 Å². The number of nitrogens with one attached hydrogen (secondary N) is 2. The maximum atomic E-state index is 6.14. The fourth-order valence-electron chi connectivity index (χ4n) is 2.52. The van der Waals surface area contributed by atoms with Crippen molar-refractivity contribution >= 4 is 29.1 Å². The van der Waals surface area contributed by atoms with Gasteiger partial charge in [0.05, 0.1) is 5.69 Å². The van der Waals surface area contributed by atoms with E-state index >= 15 is 0 Å². The van der Waals surface area contributed by atoms with Gasteiger partial charge >= 0.3 is 0 Å². The van der Waals surface area contributed by atoms with Gasteiger partial charge in [-0.15, -0.1) is 0 Å². The Bertz CT molecular complexity index is 880. The van der Waals surface area contributed by atoms with Gasteiger partial charge in [0.25, 0.3) is 0 Å². The third-order valence-corrected chi connectivity index (χ3v) is 4.48. The summed E-state index contributed by atoms with van der Waals surface area (Å²) in [4.78, 5) is 9.32. The molecule has 1 aromatic heterocycles. The maximum Gasteiger partial charge on any atom is 0.225 e. The predicted octanol–water partition coefficient (Wildman–Crippen LogP) is 6.06. The molecule has 0 saturated carbocycles. The lowest BCUT2D eigenvalue weighted by Crippen LogP contribution is -2.16. The minimum atomic E-state index is 0.293. The van der Waals surface area contributed by atoms with Crippen molar-refractivity contribution < 1.29 is 0 Å². The molecular formula is C21H23ClN4. The first kappa shape index (κ1) is 18.2. The summed E-state index contributed by atoms with van der Waals surface area (Å²) in [5.74, 6) is 1.35. The highest BCUT2D eigenvalue weighted by molar-refractivity contribution is 6.30. The topological polar surface area (TPSA) is 49.8 Å². The summed E-state index contributed by atoms with van der Waals surface area (Å²) in [6.45, 7) is 6.29. The van der Waals surface area contributed by atoms with E-state index in [0.29, 0.717) is 17.0 Å². The monoisotopic (exact) mass is 366 g/mol. The van der Waals surface area contributed by atoms with Crippen molar-refractivity contribution in [1.82, 2.24) is 9.97 Å². The molecule has 0 unspecified atom stereocenters. The lowest BCUT2D eigenvalue weighted by atomic mass is 10.1. The van der Waals surface area contributed by atoms with Crippen LogP contribution < -0.4 is 10.6 Å². The second-order valence-electron chi connectivity index (χ2n) is 6.37. The SMILES string of the molecule is CC[C@@H](C)Nc1nc(Nc2cc(Cl)ccc2C)cc(-c2ccccc2)n1. The van der Waals surface area contributed by atoms with Gasteiger partial charge in [-0.05, 0) is 38.0 Å². The first-order chi connectivity index (χ1) is 12.5. The van der Waals surface area contributed by atoms with Crippen LogP contribution in [0.1, 0.15) is 25.8 Å². The molecule has 3 aromatic rings. The number of halogens is 1. The highest BCUT2D eigenvalue weighted by atomic mass is 35.5. The molecule has 2 N–H and O–H groups in total. The summed E-state index contributed by atoms with van der Waals surface area (Å²) in [5, 5.41) is 7.43. The van der Waals surface area contributed by atoms with Gasteiger partial charge in [-0.2, -0.15) is 4.98 Å². The lowest BCUT2D eigenvalue weighted by molar-refractivity contribution is 0.753. The number of anilines is 3. The second kappa shape index (κ2) is 8.19. The van der Waals surface area contributed by atoms with Gasteiger partial charge < -0.3 is 10.6 Å². The number of aromatic nitrogens is 2. The molecule has 1 atom stereocenters. The van der Waals surface area contributed by atoms with Gasteiger partial charge in [-0.3, -0.25) is 0 Å². The standard InChI is InChI=1S/C21H23ClN4/c1-4-15(3)23-21-25-19(16-8-6-5-7-9-16)13-20(26-21)24-18-12-17(22)11-10-14(18)2/h5-13,15H,4H2,1-3H3,(H2,23,24,25,26)/t15-/m1/s1. The second-order valence-corrected chi connectivity index (χ2v) is 6.80. The summed E-state index contributed by atoms with van der Waals surface area (Å²) < 4.78 is 0. The van der Waals surface area contributed by atoms with E-state index in [1.54, 1.807) is 0 Å². The molecule has 26 heavy (non-hydrogen) atoms. The van der Waals surface area contributed by atoms with Crippen LogP contribution in [-0.2, 0) is 0 Å². The Labute approximate surface area is 159 Å². The molecule has 0 aliphatic rings. The molecule has 0 aliphatic carbocycles. The third kappa shape index (κ3) is 4.52. The van der Waals surface area contributed by atoms with Crippen molar-refractivity contribution in [2.24, 2.45) is 0 Å². The van der Waals surface area contributed by atoms with Crippen LogP contribution in [0, 0.1) is 6.92 Å². The molecule has 134 valence electrons. The van der Waals surface area contributed by atoms with Gasteiger partial charge in [-0.25, -0.2) is 4.98 Å². The molecule has 0 radical (unpaired) electrons. The molecule has 4 nitrogen and oxygen atoms in total. The van der Waals surface area contributed by atoms with Crippen LogP contribution in [0.3, 0.4) is 0 Å². The van der Waals surface area contributed by atoms with E-state index in [9.17, 15) is 0 Å². The lowest BCUT2D eigenvalue weighted by Gasteiger charge is -2.15. The maximum absolute atomic E-state index is 6.14. The predicted molar refractivity (Wildman–Crippen MR) is 110 cm³/mol. The van der Waals surface area contributed by atoms with Crippen molar-refractivity contribution in [3.63, 3.8) is 0 Å². The molecule has 1 heterocycles. The summed E-state index contributed by atoms with van der Waals surface area (Å²) in [5.41, 5.74) is 3.96. The largest absolute Gasteiger partial charge is 0.352 e. The minimum absolute atomic E-state index is 0.293. The average Bonchev–Trinajstić information content (AvgIpc) is 2.65. The molecule has 0 bridgehead atoms. The molecule has 2 aromatic carbocycles. The Hall–Kier alpha value is -2.59. The first-order valence-electron chi connectivity index (χ1n) is 8.79. The summed E-state index contributed by atoms with van der Waals surface area (Å²) in [6.07, 6.45) is 0.995. The number of hydrogen-bond acceptors (Lipinski definition) is 4. The molecule has 0 saturated heterocycles. The zero-order chi connectivity index (χ0) is 18.5. The average molecular weight is 367 g/mol. The van der Waals surface area contributed by atoms with E-state index in [4.69, 9.17) is 11.6 Å². The molecule has 0 fully saturated rings. The van der Waals surface area contributed by atoms with Crippen molar-refractivity contribution in [2.75, 3.05) is 10.6 Å². The van der Waals surface area contributed by atoms with Gasteiger partial charge in [-0.1, -0.05) is 54.9 Å². The van der Waals surface area contributed by atoms with Crippen LogP contribution in [0.25, 0.3) is 11.3 Å². The summed E-state index contributed by atoms with van der Waals surface area (Å²) in [7, 11) is 0. The number of benzene rings is 2. The van der Waals surface area contributed by atoms with Gasteiger partial charge in [0.15, 0.2) is 0 Å². The Morgan fingerprint density at radius 3 is 2.54 bits per heavy atom. The normalized spacial score (nSPS) is 11.8. The Kier molecular flexibility index (Phi) is 5.74. The van der Waals surface area contributed by atoms with Crippen LogP contribution in [0.2, 0.25) is 5.02 Å². The molecule has 0 aliphatic heterocycles. The van der Waals surface area contributed by atoms with E-state index in [0.717, 1.165) is 34.7 Å². The highest BCUT2D eigenvalue weighted by Gasteiger charge is 2.10. The fraction of sp³-hybridized carbons (Fsp3) is 0.238. The van der Waals surface area contributed by atoms with Gasteiger partial charge in [0.2, 0.25) is 5.95 Å². The molecule has 0 amide bonds. The smallest absolute Gasteiger partial charge is 0.225 e. The number of rotatable bonds is 6. The van der Waals surface area contributed by atoms with Crippen LogP contribution in [0.15, 0.2) is 54.6 Å². The van der Waals surface area contributed by atoms with Crippen LogP contribution in [0.5, 0.6) is 0 Å². The minimum Gasteiger partial charge on any atom is -0.352 e. The van der Waals surface area contributed by atoms with Gasteiger partial charge in [0, 0.05) is 28.4 Å². The van der Waals surface area contributed by atoms with Crippen molar-refractivity contribution in [1.29, 1.82) is 0 Å².